The number of piperidine rings is 1. The summed E-state index contributed by atoms with van der Waals surface area (Å²) in [4.78, 5) is 18.6. The maximum absolute atomic E-state index is 13.3. The average Bonchev–Trinajstić information content (AvgIpc) is 3.40. The molecule has 2 aliphatic rings. The lowest BCUT2D eigenvalue weighted by Crippen LogP contribution is -2.48. The van der Waals surface area contributed by atoms with Crippen LogP contribution in [0.4, 0.5) is 13.2 Å². The Morgan fingerprint density at radius 1 is 1.12 bits per heavy atom. The van der Waals surface area contributed by atoms with E-state index in [2.05, 4.69) is 32.1 Å². The van der Waals surface area contributed by atoms with Crippen LogP contribution < -0.4 is 5.32 Å². The molecule has 2 atom stereocenters. The fraction of sp³-hybridized carbons (Fsp3) is 0.318. The van der Waals surface area contributed by atoms with Gasteiger partial charge in [-0.1, -0.05) is 47.6 Å². The number of rotatable bonds is 3. The van der Waals surface area contributed by atoms with Crippen molar-refractivity contribution in [2.24, 2.45) is 0 Å². The van der Waals surface area contributed by atoms with Gasteiger partial charge in [-0.15, -0.1) is 12.4 Å². The first-order valence-electron chi connectivity index (χ1n) is 10.0. The van der Waals surface area contributed by atoms with Crippen molar-refractivity contribution >= 4 is 18.3 Å². The van der Waals surface area contributed by atoms with Crippen LogP contribution in [-0.4, -0.2) is 40.1 Å². The van der Waals surface area contributed by atoms with Crippen molar-refractivity contribution in [3.05, 3.63) is 71.1 Å². The van der Waals surface area contributed by atoms with Gasteiger partial charge in [0, 0.05) is 36.2 Å². The van der Waals surface area contributed by atoms with Crippen molar-refractivity contribution in [2.45, 2.75) is 31.1 Å². The minimum absolute atomic E-state index is 0. The highest BCUT2D eigenvalue weighted by molar-refractivity contribution is 5.99. The fourth-order valence-corrected chi connectivity index (χ4v) is 4.44. The summed E-state index contributed by atoms with van der Waals surface area (Å²) >= 11 is 0. The number of alkyl halides is 3. The Balaban J connectivity index is 0.00000245. The molecule has 0 spiro atoms. The zero-order chi connectivity index (χ0) is 21.6. The van der Waals surface area contributed by atoms with E-state index in [0.717, 1.165) is 25.1 Å². The minimum atomic E-state index is -4.71. The molecule has 2 aromatic carbocycles. The molecule has 1 aromatic heterocycles. The number of nitrogens with one attached hydrogen (secondary N) is 1. The van der Waals surface area contributed by atoms with Gasteiger partial charge >= 0.3 is 12.1 Å². The Labute approximate surface area is 188 Å². The first-order chi connectivity index (χ1) is 14.9. The summed E-state index contributed by atoms with van der Waals surface area (Å²) in [5, 5.41) is 6.84. The third kappa shape index (κ3) is 3.98. The molecule has 2 aliphatic heterocycles. The normalized spacial score (nSPS) is 20.7. The number of amides is 1. The SMILES string of the molecule is Cl.O=C1c2cc(-c3noc(C(F)(F)F)n3)ccc2CN1[C@H]1CCNC[C@H]1c1ccccc1. The van der Waals surface area contributed by atoms with Gasteiger partial charge in [0.1, 0.15) is 0 Å². The van der Waals surface area contributed by atoms with Crippen molar-refractivity contribution in [1.29, 1.82) is 0 Å². The van der Waals surface area contributed by atoms with E-state index in [1.165, 1.54) is 5.56 Å². The number of carbonyl (C=O) groups excluding carboxylic acids is 1. The van der Waals surface area contributed by atoms with E-state index < -0.39 is 12.1 Å². The van der Waals surface area contributed by atoms with Crippen LogP contribution in [0.2, 0.25) is 0 Å². The van der Waals surface area contributed by atoms with Crippen LogP contribution >= 0.6 is 12.4 Å². The molecule has 0 saturated carbocycles. The lowest BCUT2D eigenvalue weighted by molar-refractivity contribution is -0.159. The predicted octanol–water partition coefficient (Wildman–Crippen LogP) is 4.28. The Bertz CT molecular complexity index is 1120. The summed E-state index contributed by atoms with van der Waals surface area (Å²) in [6.07, 6.45) is -3.89. The molecule has 0 radical (unpaired) electrons. The number of nitrogens with zero attached hydrogens (tertiary/aromatic N) is 3. The lowest BCUT2D eigenvalue weighted by Gasteiger charge is -2.38. The maximum atomic E-state index is 13.3. The number of carbonyl (C=O) groups is 1. The number of benzene rings is 2. The molecule has 1 amide bonds. The topological polar surface area (TPSA) is 71.3 Å². The van der Waals surface area contributed by atoms with E-state index >= 15 is 0 Å². The van der Waals surface area contributed by atoms with Gasteiger partial charge < -0.3 is 14.7 Å². The van der Waals surface area contributed by atoms with Gasteiger partial charge in [-0.2, -0.15) is 18.2 Å². The quantitative estimate of drug-likeness (QED) is 0.626. The smallest absolute Gasteiger partial charge is 0.331 e. The molecule has 1 saturated heterocycles. The summed E-state index contributed by atoms with van der Waals surface area (Å²) in [6, 6.07) is 15.1. The largest absolute Gasteiger partial charge is 0.471 e. The van der Waals surface area contributed by atoms with Gasteiger partial charge in [-0.25, -0.2) is 0 Å². The van der Waals surface area contributed by atoms with Crippen molar-refractivity contribution in [1.82, 2.24) is 20.4 Å². The predicted molar refractivity (Wildman–Crippen MR) is 112 cm³/mol. The fourth-order valence-electron chi connectivity index (χ4n) is 4.44. The third-order valence-corrected chi connectivity index (χ3v) is 5.94. The molecular weight excluding hydrogens is 445 g/mol. The minimum Gasteiger partial charge on any atom is -0.331 e. The van der Waals surface area contributed by atoms with Crippen molar-refractivity contribution in [3.63, 3.8) is 0 Å². The van der Waals surface area contributed by atoms with E-state index in [9.17, 15) is 18.0 Å². The number of halogens is 4. The van der Waals surface area contributed by atoms with Crippen molar-refractivity contribution in [2.75, 3.05) is 13.1 Å². The van der Waals surface area contributed by atoms with Gasteiger partial charge in [0.05, 0.1) is 0 Å². The average molecular weight is 465 g/mol. The summed E-state index contributed by atoms with van der Waals surface area (Å²) in [5.74, 6) is -1.55. The molecule has 1 N–H and O–H groups in total. The molecule has 6 nitrogen and oxygen atoms in total. The molecule has 10 heteroatoms. The number of hydrogen-bond acceptors (Lipinski definition) is 5. The van der Waals surface area contributed by atoms with Crippen LogP contribution in [0.5, 0.6) is 0 Å². The highest BCUT2D eigenvalue weighted by atomic mass is 35.5. The molecule has 32 heavy (non-hydrogen) atoms. The second-order valence-electron chi connectivity index (χ2n) is 7.80. The summed E-state index contributed by atoms with van der Waals surface area (Å²) in [7, 11) is 0. The summed E-state index contributed by atoms with van der Waals surface area (Å²) < 4.78 is 42.6. The molecular formula is C22H20ClF3N4O2. The van der Waals surface area contributed by atoms with E-state index in [-0.39, 0.29) is 36.1 Å². The number of aromatic nitrogens is 2. The highest BCUT2D eigenvalue weighted by Crippen LogP contribution is 2.36. The van der Waals surface area contributed by atoms with Crippen LogP contribution in [0.25, 0.3) is 11.4 Å². The van der Waals surface area contributed by atoms with Gasteiger partial charge in [0.2, 0.25) is 5.82 Å². The van der Waals surface area contributed by atoms with Crippen LogP contribution in [0.15, 0.2) is 53.1 Å². The van der Waals surface area contributed by atoms with E-state index in [1.807, 2.05) is 23.1 Å². The Hall–Kier alpha value is -2.91. The van der Waals surface area contributed by atoms with Gasteiger partial charge in [-0.05, 0) is 30.2 Å². The second-order valence-corrected chi connectivity index (χ2v) is 7.80. The Morgan fingerprint density at radius 3 is 2.62 bits per heavy atom. The summed E-state index contributed by atoms with van der Waals surface area (Å²) in [5.41, 5.74) is 2.81. The van der Waals surface area contributed by atoms with E-state index in [4.69, 9.17) is 0 Å². The molecule has 0 aliphatic carbocycles. The zero-order valence-corrected chi connectivity index (χ0v) is 17.6. The molecule has 168 valence electrons. The van der Waals surface area contributed by atoms with Gasteiger partial charge in [0.25, 0.3) is 5.91 Å². The van der Waals surface area contributed by atoms with Crippen LogP contribution in [-0.2, 0) is 12.7 Å². The van der Waals surface area contributed by atoms with Crippen LogP contribution in [0, 0.1) is 0 Å². The van der Waals surface area contributed by atoms with Gasteiger partial charge in [0.15, 0.2) is 0 Å². The molecule has 3 heterocycles. The molecule has 1 fully saturated rings. The van der Waals surface area contributed by atoms with Crippen LogP contribution in [0.3, 0.4) is 0 Å². The molecule has 5 rings (SSSR count). The summed E-state index contributed by atoms with van der Waals surface area (Å²) in [6.45, 7) is 2.08. The highest BCUT2D eigenvalue weighted by Gasteiger charge is 2.40. The Morgan fingerprint density at radius 2 is 1.91 bits per heavy atom. The lowest BCUT2D eigenvalue weighted by atomic mass is 9.86. The third-order valence-electron chi connectivity index (χ3n) is 5.94. The van der Waals surface area contributed by atoms with E-state index in [1.54, 1.807) is 18.2 Å². The first-order valence-corrected chi connectivity index (χ1v) is 10.0. The Kier molecular flexibility index (Phi) is 5.96. The molecule has 0 bridgehead atoms. The number of fused-ring (bicyclic) bond motifs is 1. The van der Waals surface area contributed by atoms with Gasteiger partial charge in [-0.3, -0.25) is 4.79 Å². The second kappa shape index (κ2) is 8.55. The maximum Gasteiger partial charge on any atom is 0.471 e. The standard InChI is InChI=1S/C22H19F3N4O2.ClH/c23-22(24,25)21-27-19(28-31-21)14-6-7-15-12-29(20(30)16(15)10-14)18-8-9-26-11-17(18)13-4-2-1-3-5-13;/h1-7,10,17-18,26H,8-9,11-12H2;1H/t17-,18-;/m0./s1. The van der Waals surface area contributed by atoms with Crippen molar-refractivity contribution < 1.29 is 22.5 Å². The van der Waals surface area contributed by atoms with Crippen LogP contribution in [0.1, 0.15) is 39.7 Å². The monoisotopic (exact) mass is 464 g/mol. The zero-order valence-electron chi connectivity index (χ0n) is 16.8. The van der Waals surface area contributed by atoms with E-state index in [0.29, 0.717) is 17.7 Å². The molecule has 0 unspecified atom stereocenters. The molecule has 3 aromatic rings. The first kappa shape index (κ1) is 22.3. The van der Waals surface area contributed by atoms with Crippen molar-refractivity contribution in [3.8, 4) is 11.4 Å². The number of hydrogen-bond donors (Lipinski definition) is 1.